The van der Waals surface area contributed by atoms with Gasteiger partial charge in [-0.1, -0.05) is 32.9 Å². The van der Waals surface area contributed by atoms with Gasteiger partial charge in [0.05, 0.1) is 24.1 Å². The Hall–Kier alpha value is -2.58. The number of carbonyl (C=O) groups is 1. The minimum Gasteiger partial charge on any atom is -0.347 e. The number of hydrogen-bond acceptors (Lipinski definition) is 4. The van der Waals surface area contributed by atoms with E-state index in [1.165, 1.54) is 29.9 Å². The van der Waals surface area contributed by atoms with Crippen molar-refractivity contribution in [3.8, 4) is 5.69 Å². The van der Waals surface area contributed by atoms with Crippen molar-refractivity contribution in [3.63, 3.8) is 0 Å². The lowest BCUT2D eigenvalue weighted by atomic mass is 10.1. The first-order chi connectivity index (χ1) is 14.4. The van der Waals surface area contributed by atoms with Crippen LogP contribution in [-0.4, -0.2) is 20.7 Å². The van der Waals surface area contributed by atoms with Gasteiger partial charge in [-0.3, -0.25) is 4.79 Å². The zero-order valence-corrected chi connectivity index (χ0v) is 19.6. The third kappa shape index (κ3) is 5.96. The van der Waals surface area contributed by atoms with Gasteiger partial charge in [-0.05, 0) is 53.2 Å². The Morgan fingerprint density at radius 2 is 1.97 bits per heavy atom. The highest BCUT2D eigenvalue weighted by atomic mass is 79.9. The minimum atomic E-state index is -0.325. The second-order valence-corrected chi connectivity index (χ2v) is 8.60. The fourth-order valence-electron chi connectivity index (χ4n) is 2.59. The molecule has 0 aliphatic rings. The number of benzene rings is 1. The molecule has 158 valence electrons. The predicted octanol–water partition coefficient (Wildman–Crippen LogP) is 6.01. The van der Waals surface area contributed by atoms with Gasteiger partial charge in [-0.25, -0.2) is 14.1 Å². The lowest BCUT2D eigenvalue weighted by Crippen LogP contribution is -2.23. The molecule has 1 aromatic carbocycles. The Morgan fingerprint density at radius 1 is 1.30 bits per heavy atom. The normalized spacial score (nSPS) is 10.9. The van der Waals surface area contributed by atoms with E-state index in [1.54, 1.807) is 48.3 Å². The summed E-state index contributed by atoms with van der Waals surface area (Å²) in [5.41, 5.74) is 2.48. The summed E-state index contributed by atoms with van der Waals surface area (Å²) in [5, 5.41) is 7.24. The number of rotatable bonds is 6. The molecule has 30 heavy (non-hydrogen) atoms. The summed E-state index contributed by atoms with van der Waals surface area (Å²) in [6.45, 7) is 10.3. The first-order valence-corrected chi connectivity index (χ1v) is 11.1. The molecule has 3 aromatic rings. The Morgan fingerprint density at radius 3 is 2.50 bits per heavy atom. The molecule has 3 rings (SSSR count). The summed E-state index contributed by atoms with van der Waals surface area (Å²) in [4.78, 5) is 17.7. The average Bonchev–Trinajstić information content (AvgIpc) is 3.34. The van der Waals surface area contributed by atoms with E-state index in [4.69, 9.17) is 0 Å². The summed E-state index contributed by atoms with van der Waals surface area (Å²) in [7, 11) is 0. The van der Waals surface area contributed by atoms with Crippen molar-refractivity contribution in [1.29, 1.82) is 0 Å². The molecule has 0 bridgehead atoms. The van der Waals surface area contributed by atoms with Crippen LogP contribution in [0.15, 0.2) is 53.2 Å². The standard InChI is InChI=1S/C19H16BrFN4OS.C3H8/c1-3-15(18(26)22-9-14-10-23-19(20)27-14)16-11-24-25(17(16)4-2)13-7-5-12(21)6-8-13;1-3-2/h3-8,10-11H,2,9H2,1H3,(H,22,26);3H2,1-2H3/b15-3+;. The smallest absolute Gasteiger partial charge is 0.251 e. The Balaban J connectivity index is 0.00000101. The molecular weight excluding hydrogens is 467 g/mol. The van der Waals surface area contributed by atoms with Crippen molar-refractivity contribution in [3.05, 3.63) is 75.2 Å². The molecule has 0 atom stereocenters. The van der Waals surface area contributed by atoms with E-state index in [9.17, 15) is 9.18 Å². The van der Waals surface area contributed by atoms with Crippen LogP contribution in [0.3, 0.4) is 0 Å². The zero-order valence-electron chi connectivity index (χ0n) is 17.2. The van der Waals surface area contributed by atoms with Gasteiger partial charge in [0.25, 0.3) is 5.91 Å². The van der Waals surface area contributed by atoms with E-state index in [2.05, 4.69) is 51.8 Å². The monoisotopic (exact) mass is 490 g/mol. The van der Waals surface area contributed by atoms with Crippen LogP contribution in [0.2, 0.25) is 0 Å². The maximum absolute atomic E-state index is 13.2. The molecule has 1 N–H and O–H groups in total. The third-order valence-electron chi connectivity index (χ3n) is 3.84. The SMILES string of the molecule is C=Cc1c(/C(=C\C)C(=O)NCc2cnc(Br)s2)cnn1-c1ccc(F)cc1.CCC. The van der Waals surface area contributed by atoms with Crippen LogP contribution in [0.1, 0.15) is 43.3 Å². The quantitative estimate of drug-likeness (QED) is 0.430. The summed E-state index contributed by atoms with van der Waals surface area (Å²) >= 11 is 4.77. The molecule has 0 unspecified atom stereocenters. The number of carbonyl (C=O) groups excluding carboxylic acids is 1. The van der Waals surface area contributed by atoms with Gasteiger partial charge < -0.3 is 5.32 Å². The van der Waals surface area contributed by atoms with E-state index in [-0.39, 0.29) is 11.7 Å². The molecule has 8 heteroatoms. The second kappa shape index (κ2) is 11.6. The molecule has 5 nitrogen and oxygen atoms in total. The fourth-order valence-corrected chi connectivity index (χ4v) is 3.88. The summed E-state index contributed by atoms with van der Waals surface area (Å²) in [6, 6.07) is 5.96. The van der Waals surface area contributed by atoms with Gasteiger partial charge in [-0.2, -0.15) is 5.10 Å². The number of nitrogens with zero attached hydrogens (tertiary/aromatic N) is 3. The van der Waals surface area contributed by atoms with Crippen molar-refractivity contribution in [2.75, 3.05) is 0 Å². The molecule has 0 spiro atoms. The molecule has 2 aromatic heterocycles. The maximum atomic E-state index is 13.2. The first-order valence-electron chi connectivity index (χ1n) is 9.46. The molecule has 0 saturated carbocycles. The number of nitrogens with one attached hydrogen (secondary N) is 1. The van der Waals surface area contributed by atoms with Gasteiger partial charge in [0.2, 0.25) is 0 Å². The average molecular weight is 491 g/mol. The molecule has 0 fully saturated rings. The van der Waals surface area contributed by atoms with Crippen LogP contribution in [0.25, 0.3) is 17.3 Å². The van der Waals surface area contributed by atoms with E-state index in [1.807, 2.05) is 0 Å². The molecule has 0 aliphatic heterocycles. The van der Waals surface area contributed by atoms with Crippen LogP contribution in [0.4, 0.5) is 4.39 Å². The van der Waals surface area contributed by atoms with E-state index in [0.29, 0.717) is 29.1 Å². The van der Waals surface area contributed by atoms with Gasteiger partial charge in [0, 0.05) is 22.2 Å². The predicted molar refractivity (Wildman–Crippen MR) is 125 cm³/mol. The summed E-state index contributed by atoms with van der Waals surface area (Å²) in [5.74, 6) is -0.543. The largest absolute Gasteiger partial charge is 0.347 e. The molecule has 0 radical (unpaired) electrons. The fraction of sp³-hybridized carbons (Fsp3) is 0.227. The summed E-state index contributed by atoms with van der Waals surface area (Å²) < 4.78 is 15.6. The number of allylic oxidation sites excluding steroid dienone is 1. The maximum Gasteiger partial charge on any atom is 0.251 e. The van der Waals surface area contributed by atoms with Crippen molar-refractivity contribution in [1.82, 2.24) is 20.1 Å². The van der Waals surface area contributed by atoms with Crippen molar-refractivity contribution in [2.24, 2.45) is 0 Å². The third-order valence-corrected chi connectivity index (χ3v) is 5.32. The van der Waals surface area contributed by atoms with Crippen LogP contribution in [0, 0.1) is 5.82 Å². The highest BCUT2D eigenvalue weighted by Gasteiger charge is 2.18. The van der Waals surface area contributed by atoms with Crippen molar-refractivity contribution in [2.45, 2.75) is 33.7 Å². The minimum absolute atomic E-state index is 0.219. The lowest BCUT2D eigenvalue weighted by molar-refractivity contribution is -0.115. The highest BCUT2D eigenvalue weighted by Crippen LogP contribution is 2.24. The number of amides is 1. The van der Waals surface area contributed by atoms with Crippen LogP contribution in [-0.2, 0) is 11.3 Å². The molecule has 0 saturated heterocycles. The number of thiazole rings is 1. The Bertz CT molecular complexity index is 1020. The molecule has 1 amide bonds. The van der Waals surface area contributed by atoms with E-state index >= 15 is 0 Å². The molecule has 0 aliphatic carbocycles. The first kappa shape index (κ1) is 23.7. The van der Waals surface area contributed by atoms with Crippen molar-refractivity contribution >= 4 is 44.8 Å². The van der Waals surface area contributed by atoms with Crippen LogP contribution in [0.5, 0.6) is 0 Å². The molecule has 2 heterocycles. The van der Waals surface area contributed by atoms with E-state index in [0.717, 1.165) is 8.79 Å². The Kier molecular flexibility index (Phi) is 9.14. The van der Waals surface area contributed by atoms with Crippen LogP contribution < -0.4 is 5.32 Å². The summed E-state index contributed by atoms with van der Waals surface area (Å²) in [6.07, 6.45) is 7.93. The topological polar surface area (TPSA) is 59.8 Å². The van der Waals surface area contributed by atoms with Gasteiger partial charge >= 0.3 is 0 Å². The number of hydrogen-bond donors (Lipinski definition) is 1. The Labute approximate surface area is 188 Å². The molecular formula is C22H24BrFN4OS. The lowest BCUT2D eigenvalue weighted by Gasteiger charge is -2.09. The number of halogens is 2. The highest BCUT2D eigenvalue weighted by molar-refractivity contribution is 9.11. The van der Waals surface area contributed by atoms with Crippen LogP contribution >= 0.6 is 27.3 Å². The van der Waals surface area contributed by atoms with Crippen molar-refractivity contribution < 1.29 is 9.18 Å². The van der Waals surface area contributed by atoms with Gasteiger partial charge in [0.15, 0.2) is 3.92 Å². The zero-order chi connectivity index (χ0) is 22.1. The number of aromatic nitrogens is 3. The second-order valence-electron chi connectivity index (χ2n) is 6.21. The van der Waals surface area contributed by atoms with Gasteiger partial charge in [-0.15, -0.1) is 11.3 Å². The van der Waals surface area contributed by atoms with E-state index < -0.39 is 0 Å². The van der Waals surface area contributed by atoms with Gasteiger partial charge in [0.1, 0.15) is 5.82 Å².